The lowest BCUT2D eigenvalue weighted by Crippen LogP contribution is -1.97. The smallest absolute Gasteiger partial charge is 0.141 e. The van der Waals surface area contributed by atoms with Crippen molar-refractivity contribution in [1.82, 2.24) is 9.59 Å². The monoisotopic (exact) mass is 268 g/mol. The molecule has 90 valence electrons. The molecule has 0 bridgehead atoms. The third kappa shape index (κ3) is 3.17. The zero-order valence-electron chi connectivity index (χ0n) is 9.68. The molecule has 0 saturated heterocycles. The molecule has 0 unspecified atom stereocenters. The molecule has 0 spiro atoms. The molecule has 17 heavy (non-hydrogen) atoms. The van der Waals surface area contributed by atoms with Gasteiger partial charge in [-0.15, -0.1) is 5.10 Å². The minimum absolute atomic E-state index is 0.358. The van der Waals surface area contributed by atoms with E-state index >= 15 is 0 Å². The summed E-state index contributed by atoms with van der Waals surface area (Å²) in [6.07, 6.45) is 0. The van der Waals surface area contributed by atoms with Crippen molar-refractivity contribution in [2.24, 2.45) is 0 Å². The van der Waals surface area contributed by atoms with Gasteiger partial charge in [-0.3, -0.25) is 0 Å². The van der Waals surface area contributed by atoms with Gasteiger partial charge >= 0.3 is 0 Å². The molecule has 2 rings (SSSR count). The Bertz CT molecular complexity index is 499. The van der Waals surface area contributed by atoms with Crippen LogP contribution in [0.5, 0.6) is 5.75 Å². The summed E-state index contributed by atoms with van der Waals surface area (Å²) in [6, 6.07) is 8.05. The van der Waals surface area contributed by atoms with Crippen molar-refractivity contribution in [3.63, 3.8) is 0 Å². The molecular formula is C12H13ClN2OS. The van der Waals surface area contributed by atoms with E-state index in [-0.39, 0.29) is 0 Å². The Hall–Kier alpha value is -1.13. The molecule has 0 aliphatic carbocycles. The van der Waals surface area contributed by atoms with E-state index in [1.54, 1.807) is 0 Å². The van der Waals surface area contributed by atoms with Gasteiger partial charge in [0, 0.05) is 11.5 Å². The molecule has 0 N–H and O–H groups in total. The summed E-state index contributed by atoms with van der Waals surface area (Å²) in [6.45, 7) is 4.66. The number of halogens is 1. The summed E-state index contributed by atoms with van der Waals surface area (Å²) in [5, 5.41) is 3.90. The average molecular weight is 269 g/mol. The molecule has 0 aliphatic heterocycles. The summed E-state index contributed by atoms with van der Waals surface area (Å²) in [4.78, 5) is 0. The summed E-state index contributed by atoms with van der Waals surface area (Å²) < 4.78 is 9.99. The van der Waals surface area contributed by atoms with Gasteiger partial charge in [0.25, 0.3) is 0 Å². The van der Waals surface area contributed by atoms with Gasteiger partial charge in [0.1, 0.15) is 22.4 Å². The first kappa shape index (κ1) is 12.3. The van der Waals surface area contributed by atoms with Gasteiger partial charge in [-0.1, -0.05) is 42.1 Å². The highest BCUT2D eigenvalue weighted by atomic mass is 35.5. The first-order chi connectivity index (χ1) is 8.16. The van der Waals surface area contributed by atoms with Crippen LogP contribution in [0.15, 0.2) is 24.3 Å². The van der Waals surface area contributed by atoms with Crippen molar-refractivity contribution in [3.05, 3.63) is 39.9 Å². The fourth-order valence-electron chi connectivity index (χ4n) is 1.40. The van der Waals surface area contributed by atoms with Crippen molar-refractivity contribution in [1.29, 1.82) is 0 Å². The Morgan fingerprint density at radius 2 is 2.24 bits per heavy atom. The maximum atomic E-state index is 5.90. The van der Waals surface area contributed by atoms with Crippen LogP contribution in [0.1, 0.15) is 31.0 Å². The Labute approximate surface area is 110 Å². The molecule has 0 saturated carbocycles. The second kappa shape index (κ2) is 5.47. The summed E-state index contributed by atoms with van der Waals surface area (Å²) in [7, 11) is 0. The van der Waals surface area contributed by atoms with Gasteiger partial charge in [-0.2, -0.15) is 0 Å². The van der Waals surface area contributed by atoms with Crippen LogP contribution in [0.3, 0.4) is 0 Å². The van der Waals surface area contributed by atoms with Crippen molar-refractivity contribution < 1.29 is 4.74 Å². The normalized spacial score (nSPS) is 10.8. The minimum atomic E-state index is 0.358. The lowest BCUT2D eigenvalue weighted by molar-refractivity contribution is 0.301. The average Bonchev–Trinajstić information content (AvgIpc) is 2.72. The summed E-state index contributed by atoms with van der Waals surface area (Å²) in [5.74, 6) is 1.32. The number of aromatic nitrogens is 2. The SMILES string of the molecule is CC(C)c1cccc(OCc2nnsc2Cl)c1. The quantitative estimate of drug-likeness (QED) is 0.844. The van der Waals surface area contributed by atoms with E-state index in [1.807, 2.05) is 18.2 Å². The van der Waals surface area contributed by atoms with Crippen LogP contribution in [0.2, 0.25) is 4.34 Å². The fraction of sp³-hybridized carbons (Fsp3) is 0.333. The van der Waals surface area contributed by atoms with E-state index in [4.69, 9.17) is 16.3 Å². The van der Waals surface area contributed by atoms with Crippen LogP contribution in [0.4, 0.5) is 0 Å². The number of ether oxygens (including phenoxy) is 1. The molecule has 3 nitrogen and oxygen atoms in total. The molecule has 1 heterocycles. The Kier molecular flexibility index (Phi) is 3.97. The summed E-state index contributed by atoms with van der Waals surface area (Å²) >= 11 is 7.07. The highest BCUT2D eigenvalue weighted by Crippen LogP contribution is 2.22. The molecule has 2 aromatic rings. The van der Waals surface area contributed by atoms with Gasteiger partial charge in [0.2, 0.25) is 0 Å². The maximum absolute atomic E-state index is 5.90. The van der Waals surface area contributed by atoms with Gasteiger partial charge in [0.15, 0.2) is 0 Å². The van der Waals surface area contributed by atoms with Crippen LogP contribution in [-0.4, -0.2) is 9.59 Å². The third-order valence-corrected chi connectivity index (χ3v) is 3.39. The van der Waals surface area contributed by atoms with Crippen molar-refractivity contribution in [3.8, 4) is 5.75 Å². The molecule has 1 aromatic heterocycles. The minimum Gasteiger partial charge on any atom is -0.487 e. The van der Waals surface area contributed by atoms with Gasteiger partial charge < -0.3 is 4.74 Å². The standard InChI is InChI=1S/C12H13ClN2OS/c1-8(2)9-4-3-5-10(6-9)16-7-11-12(13)17-15-14-11/h3-6,8H,7H2,1-2H3. The molecule has 0 aliphatic rings. The first-order valence-corrected chi connectivity index (χ1v) is 6.51. The van der Waals surface area contributed by atoms with Crippen molar-refractivity contribution in [2.45, 2.75) is 26.4 Å². The fourth-order valence-corrected chi connectivity index (χ4v) is 2.00. The van der Waals surface area contributed by atoms with Gasteiger partial charge in [-0.05, 0) is 23.6 Å². The van der Waals surface area contributed by atoms with E-state index in [1.165, 1.54) is 17.1 Å². The highest BCUT2D eigenvalue weighted by Gasteiger charge is 2.06. The zero-order chi connectivity index (χ0) is 12.3. The highest BCUT2D eigenvalue weighted by molar-refractivity contribution is 7.10. The van der Waals surface area contributed by atoms with Crippen LogP contribution < -0.4 is 4.74 Å². The second-order valence-electron chi connectivity index (χ2n) is 4.01. The molecule has 1 aromatic carbocycles. The molecule has 5 heteroatoms. The number of rotatable bonds is 4. The van der Waals surface area contributed by atoms with Gasteiger partial charge in [0.05, 0.1) is 0 Å². The lowest BCUT2D eigenvalue weighted by atomic mass is 10.0. The molecule has 0 radical (unpaired) electrons. The van der Waals surface area contributed by atoms with Crippen molar-refractivity contribution >= 4 is 23.1 Å². The Morgan fingerprint density at radius 1 is 1.41 bits per heavy atom. The molecular weight excluding hydrogens is 256 g/mol. The van der Waals surface area contributed by atoms with E-state index in [0.29, 0.717) is 22.6 Å². The van der Waals surface area contributed by atoms with E-state index in [9.17, 15) is 0 Å². The van der Waals surface area contributed by atoms with Crippen LogP contribution in [0, 0.1) is 0 Å². The van der Waals surface area contributed by atoms with Crippen LogP contribution in [-0.2, 0) is 6.61 Å². The first-order valence-electron chi connectivity index (χ1n) is 5.36. The van der Waals surface area contributed by atoms with Crippen LogP contribution >= 0.6 is 23.1 Å². The molecule has 0 amide bonds. The second-order valence-corrected chi connectivity index (χ2v) is 5.37. The van der Waals surface area contributed by atoms with Crippen molar-refractivity contribution in [2.75, 3.05) is 0 Å². The summed E-state index contributed by atoms with van der Waals surface area (Å²) in [5.41, 5.74) is 1.94. The topological polar surface area (TPSA) is 35.0 Å². The maximum Gasteiger partial charge on any atom is 0.141 e. The third-order valence-electron chi connectivity index (χ3n) is 2.41. The predicted molar refractivity (Wildman–Crippen MR) is 69.8 cm³/mol. The zero-order valence-corrected chi connectivity index (χ0v) is 11.3. The number of hydrogen-bond acceptors (Lipinski definition) is 4. The Morgan fingerprint density at radius 3 is 2.88 bits per heavy atom. The lowest BCUT2D eigenvalue weighted by Gasteiger charge is -2.08. The molecule has 0 atom stereocenters. The Balaban J connectivity index is 2.04. The number of benzene rings is 1. The van der Waals surface area contributed by atoms with Crippen LogP contribution in [0.25, 0.3) is 0 Å². The number of hydrogen-bond donors (Lipinski definition) is 0. The number of nitrogens with zero attached hydrogens (tertiary/aromatic N) is 2. The largest absolute Gasteiger partial charge is 0.487 e. The van der Waals surface area contributed by atoms with Gasteiger partial charge in [-0.25, -0.2) is 0 Å². The van der Waals surface area contributed by atoms with E-state index in [0.717, 1.165) is 5.75 Å². The predicted octanol–water partition coefficient (Wildman–Crippen LogP) is 3.89. The van der Waals surface area contributed by atoms with E-state index < -0.39 is 0 Å². The van der Waals surface area contributed by atoms with E-state index in [2.05, 4.69) is 29.5 Å². The molecule has 0 fully saturated rings.